The van der Waals surface area contributed by atoms with Gasteiger partial charge in [-0.25, -0.2) is 9.46 Å². The molecular weight excluding hydrogens is 844 g/mol. The largest absolute Gasteiger partial charge is 0.363 e. The molecular formula is C48H48Cl2N5O6P. The number of halogens is 2. The van der Waals surface area contributed by atoms with E-state index >= 15 is 0 Å². The molecule has 3 heterocycles. The first-order chi connectivity index (χ1) is 29.9. The van der Waals surface area contributed by atoms with E-state index in [0.29, 0.717) is 48.6 Å². The number of aryl methyl sites for hydroxylation is 2. The van der Waals surface area contributed by atoms with Crippen LogP contribution in [0.15, 0.2) is 149 Å². The molecule has 0 bridgehead atoms. The second-order valence-corrected chi connectivity index (χ2v) is 19.3. The van der Waals surface area contributed by atoms with Crippen molar-refractivity contribution in [3.8, 4) is 11.1 Å². The van der Waals surface area contributed by atoms with Crippen molar-refractivity contribution in [1.82, 2.24) is 24.4 Å². The third kappa shape index (κ3) is 9.17. The average Bonchev–Trinajstić information content (AvgIpc) is 3.29. The van der Waals surface area contributed by atoms with Crippen LogP contribution < -0.4 is 16.6 Å². The van der Waals surface area contributed by atoms with Gasteiger partial charge in [0.1, 0.15) is 0 Å². The van der Waals surface area contributed by atoms with Gasteiger partial charge in [-0.05, 0) is 95.6 Å². The van der Waals surface area contributed by atoms with E-state index in [1.165, 1.54) is 10.8 Å². The first-order valence-corrected chi connectivity index (χ1v) is 23.5. The van der Waals surface area contributed by atoms with Crippen LogP contribution in [0.2, 0.25) is 5.02 Å². The van der Waals surface area contributed by atoms with Gasteiger partial charge in [-0.2, -0.15) is 0 Å². The molecule has 2 saturated heterocycles. The average molecular weight is 893 g/mol. The lowest BCUT2D eigenvalue weighted by Gasteiger charge is -2.50. The van der Waals surface area contributed by atoms with Crippen LogP contribution in [0.25, 0.3) is 11.1 Å². The molecule has 6 aromatic rings. The maximum atomic E-state index is 14.2. The SMILES string of the molecule is Cc1cc(-c2cccc(C(=O)NC3CCN(P(=O)(Cl)OCC4CN(C(c5ccccc5)(c5ccccc5)c5ccccc5)CC(n5cc(C)c(=O)[nH]c5=O)O4)CC3)c2)ccc1Cl. The summed E-state index contributed by atoms with van der Waals surface area (Å²) < 4.78 is 30.0. The molecule has 62 heavy (non-hydrogen) atoms. The number of benzene rings is 5. The Balaban J connectivity index is 1.01. The Morgan fingerprint density at radius 1 is 0.806 bits per heavy atom. The van der Waals surface area contributed by atoms with Gasteiger partial charge in [-0.15, -0.1) is 0 Å². The summed E-state index contributed by atoms with van der Waals surface area (Å²) in [5.74, 6) is -0.191. The molecule has 2 aliphatic rings. The molecule has 14 heteroatoms. The van der Waals surface area contributed by atoms with E-state index in [9.17, 15) is 18.9 Å². The maximum Gasteiger partial charge on any atom is 0.363 e. The van der Waals surface area contributed by atoms with Gasteiger partial charge in [0.05, 0.1) is 18.2 Å². The van der Waals surface area contributed by atoms with Crippen molar-refractivity contribution in [3.05, 3.63) is 199 Å². The summed E-state index contributed by atoms with van der Waals surface area (Å²) in [6.45, 7) is 0.757. The zero-order valence-corrected chi connectivity index (χ0v) is 36.9. The van der Waals surface area contributed by atoms with Crippen LogP contribution in [0.4, 0.5) is 0 Å². The fraction of sp³-hybridized carbons (Fsp3) is 0.271. The summed E-state index contributed by atoms with van der Waals surface area (Å²) in [7, 11) is 0. The summed E-state index contributed by atoms with van der Waals surface area (Å²) in [6, 6.07) is 43.6. The molecule has 2 N–H and O–H groups in total. The molecule has 0 spiro atoms. The zero-order chi connectivity index (χ0) is 43.4. The Morgan fingerprint density at radius 2 is 1.40 bits per heavy atom. The number of amides is 1. The van der Waals surface area contributed by atoms with Crippen LogP contribution >= 0.6 is 29.7 Å². The Labute approximate surface area is 370 Å². The first-order valence-electron chi connectivity index (χ1n) is 20.7. The molecule has 3 unspecified atom stereocenters. The van der Waals surface area contributed by atoms with Crippen LogP contribution in [0.5, 0.6) is 0 Å². The van der Waals surface area contributed by atoms with Crippen molar-refractivity contribution in [2.75, 3.05) is 32.8 Å². The highest BCUT2D eigenvalue weighted by Crippen LogP contribution is 2.57. The summed E-state index contributed by atoms with van der Waals surface area (Å²) in [4.78, 5) is 44.0. The van der Waals surface area contributed by atoms with Crippen molar-refractivity contribution in [3.63, 3.8) is 0 Å². The fourth-order valence-corrected chi connectivity index (χ4v) is 10.6. The van der Waals surface area contributed by atoms with Crippen molar-refractivity contribution in [2.24, 2.45) is 0 Å². The number of aromatic amines is 1. The second kappa shape index (κ2) is 18.7. The highest BCUT2D eigenvalue weighted by Gasteiger charge is 2.47. The number of nitrogens with zero attached hydrogens (tertiary/aromatic N) is 3. The number of morpholine rings is 1. The second-order valence-electron chi connectivity index (χ2n) is 15.9. The number of rotatable bonds is 12. The molecule has 11 nitrogen and oxygen atoms in total. The number of hydrogen-bond donors (Lipinski definition) is 2. The molecule has 0 radical (unpaired) electrons. The minimum absolute atomic E-state index is 0.153. The Kier molecular flexibility index (Phi) is 13.1. The summed E-state index contributed by atoms with van der Waals surface area (Å²) in [6.07, 6.45) is 0.940. The van der Waals surface area contributed by atoms with Crippen LogP contribution in [-0.4, -0.2) is 70.0 Å². The van der Waals surface area contributed by atoms with E-state index < -0.39 is 36.0 Å². The van der Waals surface area contributed by atoms with E-state index in [1.807, 2.05) is 97.9 Å². The quantitative estimate of drug-likeness (QED) is 0.0923. The third-order valence-corrected chi connectivity index (χ3v) is 14.7. The van der Waals surface area contributed by atoms with Gasteiger partial charge in [0.25, 0.3) is 11.5 Å². The molecule has 3 atom stereocenters. The lowest BCUT2D eigenvalue weighted by Crippen LogP contribution is -2.58. The van der Waals surface area contributed by atoms with E-state index in [4.69, 9.17) is 32.1 Å². The molecule has 1 amide bonds. The van der Waals surface area contributed by atoms with Crippen LogP contribution in [0, 0.1) is 13.8 Å². The normalized spacial score (nSPS) is 18.8. The predicted molar refractivity (Wildman–Crippen MR) is 244 cm³/mol. The van der Waals surface area contributed by atoms with Crippen LogP contribution in [0.1, 0.15) is 57.2 Å². The number of hydrogen-bond acceptors (Lipinski definition) is 7. The lowest BCUT2D eigenvalue weighted by atomic mass is 9.75. The number of nitrogens with one attached hydrogen (secondary N) is 2. The van der Waals surface area contributed by atoms with Gasteiger partial charge in [-0.3, -0.25) is 28.6 Å². The molecule has 2 aliphatic heterocycles. The Morgan fingerprint density at radius 3 is 2.00 bits per heavy atom. The molecule has 5 aromatic carbocycles. The van der Waals surface area contributed by atoms with E-state index in [-0.39, 0.29) is 25.1 Å². The number of aromatic nitrogens is 2. The third-order valence-electron chi connectivity index (χ3n) is 11.8. The molecule has 320 valence electrons. The van der Waals surface area contributed by atoms with Crippen molar-refractivity contribution < 1.29 is 18.6 Å². The van der Waals surface area contributed by atoms with Gasteiger partial charge in [0.15, 0.2) is 6.23 Å². The van der Waals surface area contributed by atoms with Crippen LogP contribution in [-0.2, 0) is 19.4 Å². The minimum Gasteiger partial charge on any atom is -0.350 e. The molecule has 8 rings (SSSR count). The van der Waals surface area contributed by atoms with Gasteiger partial charge < -0.3 is 14.6 Å². The van der Waals surface area contributed by atoms with Gasteiger partial charge >= 0.3 is 12.6 Å². The highest BCUT2D eigenvalue weighted by molar-refractivity contribution is 7.83. The number of carbonyl (C=O) groups excluding carboxylic acids is 1. The Bertz CT molecular complexity index is 2600. The van der Waals surface area contributed by atoms with Crippen molar-refractivity contribution in [1.29, 1.82) is 0 Å². The van der Waals surface area contributed by atoms with Gasteiger partial charge in [0, 0.05) is 54.6 Å². The first kappa shape index (κ1) is 43.5. The van der Waals surface area contributed by atoms with Crippen LogP contribution in [0.3, 0.4) is 0 Å². The highest BCUT2D eigenvalue weighted by atomic mass is 35.7. The van der Waals surface area contributed by atoms with Crippen molar-refractivity contribution >= 4 is 35.6 Å². The standard InChI is InChI=1S/C48H48Cl2N5O6P/c1-33-27-36(21-22-43(33)49)35-13-12-14-37(28-35)46(57)51-41-23-25-54(26-24-41)62(50,59)60-32-42-30-53(31-44(61-42)55-29-34(2)45(56)52-47(55)58)48(38-15-6-3-7-16-38,39-17-8-4-9-18-39)40-19-10-5-11-20-40/h3-22,27-29,41-42,44H,23-26,30-32H2,1-2H3,(H,51,57)(H,52,56,58). The van der Waals surface area contributed by atoms with E-state index in [2.05, 4.69) is 51.6 Å². The molecule has 1 aromatic heterocycles. The molecule has 0 saturated carbocycles. The smallest absolute Gasteiger partial charge is 0.350 e. The van der Waals surface area contributed by atoms with E-state index in [1.54, 1.807) is 17.7 Å². The predicted octanol–water partition coefficient (Wildman–Crippen LogP) is 8.92. The van der Waals surface area contributed by atoms with Gasteiger partial charge in [0.2, 0.25) is 0 Å². The number of piperidine rings is 1. The number of H-pyrrole nitrogens is 1. The number of carbonyl (C=O) groups is 1. The molecule has 2 fully saturated rings. The minimum atomic E-state index is -3.88. The summed E-state index contributed by atoms with van der Waals surface area (Å²) in [5, 5.41) is 3.83. The topological polar surface area (TPSA) is 126 Å². The van der Waals surface area contributed by atoms with Gasteiger partial charge in [-0.1, -0.05) is 121 Å². The zero-order valence-electron chi connectivity index (χ0n) is 34.5. The maximum absolute atomic E-state index is 14.2. The summed E-state index contributed by atoms with van der Waals surface area (Å²) >= 11 is 13.0. The fourth-order valence-electron chi connectivity index (χ4n) is 8.66. The van der Waals surface area contributed by atoms with E-state index in [0.717, 1.165) is 33.4 Å². The van der Waals surface area contributed by atoms with Crippen molar-refractivity contribution in [2.45, 2.75) is 50.6 Å². The Hall–Kier alpha value is -5.10. The lowest BCUT2D eigenvalue weighted by molar-refractivity contribution is -0.148. The molecule has 0 aliphatic carbocycles. The summed E-state index contributed by atoms with van der Waals surface area (Å²) in [5.41, 5.74) is 4.74. The number of ether oxygens (including phenoxy) is 1. The monoisotopic (exact) mass is 891 g/mol.